The maximum atomic E-state index is 2.56. The van der Waals surface area contributed by atoms with E-state index in [0.29, 0.717) is 0 Å². The van der Waals surface area contributed by atoms with Gasteiger partial charge < -0.3 is 9.47 Å². The lowest BCUT2D eigenvalue weighted by Gasteiger charge is -2.31. The topological polar surface area (TPSA) is 8.17 Å². The average Bonchev–Trinajstić information content (AvgIpc) is 4.27. The average molecular weight is 959 g/mol. The molecular formula is C71H46N2S. The van der Waals surface area contributed by atoms with Crippen LogP contribution in [-0.2, 0) is 5.41 Å². The monoisotopic (exact) mass is 958 g/mol. The van der Waals surface area contributed by atoms with Crippen LogP contribution in [0.4, 0.5) is 17.1 Å². The molecule has 74 heavy (non-hydrogen) atoms. The number of aromatic nitrogens is 1. The molecule has 0 radical (unpaired) electrons. The van der Waals surface area contributed by atoms with Crippen LogP contribution >= 0.6 is 11.3 Å². The lowest BCUT2D eigenvalue weighted by molar-refractivity contribution is 0.811. The van der Waals surface area contributed by atoms with Crippen molar-refractivity contribution in [3.63, 3.8) is 0 Å². The van der Waals surface area contributed by atoms with E-state index < -0.39 is 5.41 Å². The molecule has 1 unspecified atom stereocenters. The Kier molecular flexibility index (Phi) is 9.70. The minimum atomic E-state index is -0.578. The van der Waals surface area contributed by atoms with E-state index in [0.717, 1.165) is 39.4 Å². The van der Waals surface area contributed by atoms with Crippen LogP contribution in [0, 0.1) is 0 Å². The SMILES string of the molecule is c1ccc(-c2cc(-c3ccccc3)cc(N(c3ccc4c5ccccc5n(-c5ccccc5)c4c3)c3cccc4c3-c3ccccc3C43c4ccccc4-c4c3sc(-c3ccccc3)c4-c3ccccc3)c2)cc1. The molecule has 0 fully saturated rings. The van der Waals surface area contributed by atoms with Crippen LogP contribution in [0.1, 0.15) is 21.6 Å². The summed E-state index contributed by atoms with van der Waals surface area (Å²) in [4.78, 5) is 5.23. The number of para-hydroxylation sites is 2. The second kappa shape index (κ2) is 16.9. The van der Waals surface area contributed by atoms with Gasteiger partial charge in [0.05, 0.1) is 22.1 Å². The maximum absolute atomic E-state index is 2.56. The van der Waals surface area contributed by atoms with Gasteiger partial charge in [-0.1, -0.05) is 224 Å². The normalized spacial score (nSPS) is 14.0. The van der Waals surface area contributed by atoms with Crippen LogP contribution < -0.4 is 4.90 Å². The zero-order chi connectivity index (χ0) is 48.7. The van der Waals surface area contributed by atoms with Gasteiger partial charge in [-0.3, -0.25) is 0 Å². The van der Waals surface area contributed by atoms with E-state index in [-0.39, 0.29) is 0 Å². The molecule has 2 aromatic heterocycles. The summed E-state index contributed by atoms with van der Waals surface area (Å²) in [5.74, 6) is 0. The summed E-state index contributed by atoms with van der Waals surface area (Å²) in [5, 5.41) is 2.45. The molecule has 0 saturated carbocycles. The summed E-state index contributed by atoms with van der Waals surface area (Å²) in [6.45, 7) is 0. The molecule has 0 N–H and O–H groups in total. The first kappa shape index (κ1) is 42.4. The molecule has 346 valence electrons. The van der Waals surface area contributed by atoms with E-state index in [1.165, 1.54) is 92.8 Å². The third-order valence-corrected chi connectivity index (χ3v) is 16.9. The summed E-state index contributed by atoms with van der Waals surface area (Å²) in [5.41, 5.74) is 23.7. The van der Waals surface area contributed by atoms with Gasteiger partial charge in [0, 0.05) is 54.3 Å². The van der Waals surface area contributed by atoms with Gasteiger partial charge in [0.15, 0.2) is 0 Å². The van der Waals surface area contributed by atoms with Crippen LogP contribution in [-0.4, -0.2) is 4.57 Å². The number of hydrogen-bond acceptors (Lipinski definition) is 2. The van der Waals surface area contributed by atoms with Gasteiger partial charge in [-0.05, 0) is 116 Å². The molecule has 15 rings (SSSR count). The fraction of sp³-hybridized carbons (Fsp3) is 0.0141. The molecule has 2 aliphatic rings. The second-order valence-electron chi connectivity index (χ2n) is 19.5. The van der Waals surface area contributed by atoms with Crippen LogP contribution in [0.3, 0.4) is 0 Å². The fourth-order valence-electron chi connectivity index (χ4n) is 12.5. The predicted molar refractivity (Wildman–Crippen MR) is 311 cm³/mol. The Balaban J connectivity index is 1.05. The number of rotatable bonds is 8. The Morgan fingerprint density at radius 2 is 0.838 bits per heavy atom. The van der Waals surface area contributed by atoms with Crippen LogP contribution in [0.5, 0.6) is 0 Å². The second-order valence-corrected chi connectivity index (χ2v) is 20.5. The first-order valence-corrected chi connectivity index (χ1v) is 26.3. The van der Waals surface area contributed by atoms with Crippen molar-refractivity contribution in [2.45, 2.75) is 5.41 Å². The summed E-state index contributed by atoms with van der Waals surface area (Å²) < 4.78 is 2.43. The zero-order valence-corrected chi connectivity index (χ0v) is 41.2. The summed E-state index contributed by atoms with van der Waals surface area (Å²) >= 11 is 1.97. The highest BCUT2D eigenvalue weighted by Gasteiger charge is 2.55. The molecule has 0 amide bonds. The highest BCUT2D eigenvalue weighted by atomic mass is 32.1. The van der Waals surface area contributed by atoms with E-state index in [2.05, 4.69) is 289 Å². The van der Waals surface area contributed by atoms with E-state index in [4.69, 9.17) is 0 Å². The summed E-state index contributed by atoms with van der Waals surface area (Å²) in [6.07, 6.45) is 0. The molecule has 2 heterocycles. The molecule has 11 aromatic carbocycles. The Bertz CT molecular complexity index is 4230. The fourth-order valence-corrected chi connectivity index (χ4v) is 14.1. The van der Waals surface area contributed by atoms with Gasteiger partial charge in [-0.15, -0.1) is 11.3 Å². The largest absolute Gasteiger partial charge is 0.310 e. The Morgan fingerprint density at radius 1 is 0.324 bits per heavy atom. The van der Waals surface area contributed by atoms with Crippen molar-refractivity contribution in [3.05, 3.63) is 301 Å². The molecule has 13 aromatic rings. The van der Waals surface area contributed by atoms with Gasteiger partial charge in [-0.25, -0.2) is 0 Å². The smallest absolute Gasteiger partial charge is 0.0820 e. The first-order valence-electron chi connectivity index (χ1n) is 25.5. The molecule has 1 spiro atoms. The van der Waals surface area contributed by atoms with Gasteiger partial charge in [0.25, 0.3) is 0 Å². The van der Waals surface area contributed by atoms with Crippen molar-refractivity contribution in [1.82, 2.24) is 4.57 Å². The molecule has 0 bridgehead atoms. The quantitative estimate of drug-likeness (QED) is 0.147. The van der Waals surface area contributed by atoms with Crippen LogP contribution in [0.15, 0.2) is 279 Å². The van der Waals surface area contributed by atoms with Crippen LogP contribution in [0.25, 0.3) is 93.6 Å². The minimum Gasteiger partial charge on any atom is -0.310 e. The Hall–Kier alpha value is -9.28. The number of benzene rings is 11. The van der Waals surface area contributed by atoms with E-state index in [9.17, 15) is 0 Å². The van der Waals surface area contributed by atoms with Gasteiger partial charge >= 0.3 is 0 Å². The predicted octanol–water partition coefficient (Wildman–Crippen LogP) is 19.3. The zero-order valence-electron chi connectivity index (χ0n) is 40.4. The summed E-state index contributed by atoms with van der Waals surface area (Å²) in [7, 11) is 0. The van der Waals surface area contributed by atoms with Crippen molar-refractivity contribution in [3.8, 4) is 71.8 Å². The lowest BCUT2D eigenvalue weighted by Crippen LogP contribution is -2.25. The van der Waals surface area contributed by atoms with Crippen LogP contribution in [0.2, 0.25) is 0 Å². The van der Waals surface area contributed by atoms with Gasteiger partial charge in [-0.2, -0.15) is 0 Å². The molecular weight excluding hydrogens is 913 g/mol. The highest BCUT2D eigenvalue weighted by molar-refractivity contribution is 7.17. The standard InChI is InChI=1S/C71H46N2S/c1-6-23-47(24-7-1)51-43-52(48-25-8-2-9-26-48)45-55(44-51)72(54-41-42-57-56-33-18-21-39-63(56)73(65(57)46-54)53-31-14-5-15-32-53)64-40-22-38-62-67(64)58-34-16-19-36-60(58)71(62)61-37-20-17-35-59(61)68-66(49-27-10-3-11-28-49)69(74-70(68)71)50-29-12-4-13-30-50/h1-46H. The number of hydrogen-bond donors (Lipinski definition) is 0. The number of anilines is 3. The van der Waals surface area contributed by atoms with Crippen molar-refractivity contribution in [2.75, 3.05) is 4.90 Å². The van der Waals surface area contributed by atoms with Crippen molar-refractivity contribution >= 4 is 50.2 Å². The van der Waals surface area contributed by atoms with Crippen molar-refractivity contribution < 1.29 is 0 Å². The number of nitrogens with zero attached hydrogens (tertiary/aromatic N) is 2. The number of thiophene rings is 1. The van der Waals surface area contributed by atoms with Crippen molar-refractivity contribution in [1.29, 1.82) is 0 Å². The molecule has 0 saturated heterocycles. The van der Waals surface area contributed by atoms with Crippen molar-refractivity contribution in [2.24, 2.45) is 0 Å². The maximum Gasteiger partial charge on any atom is 0.0820 e. The van der Waals surface area contributed by atoms with Gasteiger partial charge in [0.2, 0.25) is 0 Å². The Morgan fingerprint density at radius 3 is 1.49 bits per heavy atom. The highest BCUT2D eigenvalue weighted by Crippen LogP contribution is 2.69. The van der Waals surface area contributed by atoms with E-state index in [1.54, 1.807) is 0 Å². The Labute approximate surface area is 435 Å². The third-order valence-electron chi connectivity index (χ3n) is 15.6. The molecule has 0 aliphatic heterocycles. The molecule has 3 heteroatoms. The minimum absolute atomic E-state index is 0.578. The number of fused-ring (bicyclic) bond motifs is 13. The lowest BCUT2D eigenvalue weighted by atomic mass is 9.74. The van der Waals surface area contributed by atoms with E-state index in [1.807, 2.05) is 11.3 Å². The first-order chi connectivity index (χ1) is 36.7. The molecule has 1 atom stereocenters. The van der Waals surface area contributed by atoms with E-state index >= 15 is 0 Å². The molecule has 2 nitrogen and oxygen atoms in total. The molecule has 2 aliphatic carbocycles. The third kappa shape index (κ3) is 6.30. The van der Waals surface area contributed by atoms with Gasteiger partial charge in [0.1, 0.15) is 0 Å². The summed E-state index contributed by atoms with van der Waals surface area (Å²) in [6, 6.07) is 103.